The minimum Gasteiger partial charge on any atom is -0.441 e. The maximum atomic E-state index is 13.1. The second kappa shape index (κ2) is 7.76. The third kappa shape index (κ3) is 3.67. The minimum absolute atomic E-state index is 0.0869. The van der Waals surface area contributed by atoms with Crippen molar-refractivity contribution in [1.82, 2.24) is 19.5 Å². The van der Waals surface area contributed by atoms with E-state index in [0.29, 0.717) is 35.1 Å². The fraction of sp³-hybridized carbons (Fsp3) is 0.360. The lowest BCUT2D eigenvalue weighted by atomic mass is 9.95. The summed E-state index contributed by atoms with van der Waals surface area (Å²) in [7, 11) is 0. The van der Waals surface area contributed by atoms with Gasteiger partial charge < -0.3 is 4.42 Å². The van der Waals surface area contributed by atoms with Gasteiger partial charge in [-0.1, -0.05) is 26.0 Å². The summed E-state index contributed by atoms with van der Waals surface area (Å²) in [6.07, 6.45) is 5.81. The van der Waals surface area contributed by atoms with Crippen LogP contribution in [0.25, 0.3) is 22.5 Å². The predicted octanol–water partition coefficient (Wildman–Crippen LogP) is 4.81. The van der Waals surface area contributed by atoms with Crippen LogP contribution in [0, 0.1) is 6.92 Å². The molecule has 158 valence electrons. The average molecular weight is 415 g/mol. The van der Waals surface area contributed by atoms with Gasteiger partial charge in [-0.2, -0.15) is 0 Å². The Labute approximate surface area is 181 Å². The van der Waals surface area contributed by atoms with E-state index in [4.69, 9.17) is 4.42 Å². The van der Waals surface area contributed by atoms with Gasteiger partial charge in [0.15, 0.2) is 5.65 Å². The smallest absolute Gasteiger partial charge is 0.263 e. The molecule has 0 spiro atoms. The molecule has 5 rings (SSSR count). The lowest BCUT2D eigenvalue weighted by Crippen LogP contribution is -2.23. The summed E-state index contributed by atoms with van der Waals surface area (Å²) < 4.78 is 7.51. The molecule has 1 aliphatic rings. The number of aryl methyl sites for hydroxylation is 3. The van der Waals surface area contributed by atoms with Crippen molar-refractivity contribution in [2.45, 2.75) is 58.9 Å². The molecule has 31 heavy (non-hydrogen) atoms. The van der Waals surface area contributed by atoms with Crippen molar-refractivity contribution in [3.63, 3.8) is 0 Å². The molecule has 0 unspecified atom stereocenters. The molecule has 1 aromatic carbocycles. The van der Waals surface area contributed by atoms with E-state index in [9.17, 15) is 4.79 Å². The summed E-state index contributed by atoms with van der Waals surface area (Å²) in [4.78, 5) is 26.9. The van der Waals surface area contributed by atoms with E-state index in [1.54, 1.807) is 10.9 Å². The number of aromatic nitrogens is 4. The Kier molecular flexibility index (Phi) is 4.93. The standard InChI is InChI=1S/C25H26N4O2/c1-15(2)17-8-10-18(11-9-17)24-28-22(16(3)31-24)13-29-14-26-23-20(25(29)30)12-19-6-4-5-7-21(19)27-23/h8-12,14-15H,4-7,13H2,1-3H3. The van der Waals surface area contributed by atoms with Crippen LogP contribution in [0.3, 0.4) is 0 Å². The third-order valence-corrected chi connectivity index (χ3v) is 6.13. The van der Waals surface area contributed by atoms with Gasteiger partial charge in [0.1, 0.15) is 17.8 Å². The van der Waals surface area contributed by atoms with Crippen LogP contribution >= 0.6 is 0 Å². The zero-order chi connectivity index (χ0) is 21.5. The molecule has 6 heteroatoms. The monoisotopic (exact) mass is 414 g/mol. The molecule has 6 nitrogen and oxygen atoms in total. The highest BCUT2D eigenvalue weighted by Gasteiger charge is 2.17. The Hall–Kier alpha value is -3.28. The van der Waals surface area contributed by atoms with E-state index in [-0.39, 0.29) is 5.56 Å². The number of fused-ring (bicyclic) bond motifs is 2. The van der Waals surface area contributed by atoms with E-state index >= 15 is 0 Å². The second-order valence-corrected chi connectivity index (χ2v) is 8.65. The highest BCUT2D eigenvalue weighted by Crippen LogP contribution is 2.25. The Morgan fingerprint density at radius 3 is 2.65 bits per heavy atom. The maximum Gasteiger partial charge on any atom is 0.263 e. The first-order valence-corrected chi connectivity index (χ1v) is 10.9. The molecule has 0 amide bonds. The van der Waals surface area contributed by atoms with Gasteiger partial charge in [-0.15, -0.1) is 0 Å². The highest BCUT2D eigenvalue weighted by molar-refractivity contribution is 5.74. The topological polar surface area (TPSA) is 73.8 Å². The lowest BCUT2D eigenvalue weighted by molar-refractivity contribution is 0.537. The first-order valence-electron chi connectivity index (χ1n) is 10.9. The molecule has 0 aliphatic heterocycles. The van der Waals surface area contributed by atoms with Gasteiger partial charge in [-0.3, -0.25) is 9.36 Å². The van der Waals surface area contributed by atoms with Crippen LogP contribution in [0.2, 0.25) is 0 Å². The van der Waals surface area contributed by atoms with Crippen LogP contribution in [0.1, 0.15) is 60.9 Å². The van der Waals surface area contributed by atoms with Crippen molar-refractivity contribution in [3.05, 3.63) is 75.3 Å². The van der Waals surface area contributed by atoms with Crippen molar-refractivity contribution in [1.29, 1.82) is 0 Å². The summed E-state index contributed by atoms with van der Waals surface area (Å²) in [5.41, 5.74) is 5.65. The predicted molar refractivity (Wildman–Crippen MR) is 120 cm³/mol. The Morgan fingerprint density at radius 2 is 1.87 bits per heavy atom. The van der Waals surface area contributed by atoms with Gasteiger partial charge in [-0.25, -0.2) is 15.0 Å². The van der Waals surface area contributed by atoms with E-state index in [0.717, 1.165) is 42.6 Å². The van der Waals surface area contributed by atoms with Gasteiger partial charge in [0.25, 0.3) is 5.56 Å². The Bertz CT molecular complexity index is 1320. The second-order valence-electron chi connectivity index (χ2n) is 8.65. The number of nitrogens with zero attached hydrogens (tertiary/aromatic N) is 4. The molecule has 3 heterocycles. The fourth-order valence-electron chi connectivity index (χ4n) is 4.19. The van der Waals surface area contributed by atoms with Crippen LogP contribution in [0.4, 0.5) is 0 Å². The van der Waals surface area contributed by atoms with E-state index in [1.165, 1.54) is 11.1 Å². The number of benzene rings is 1. The maximum absolute atomic E-state index is 13.1. The molecule has 3 aromatic heterocycles. The molecular formula is C25H26N4O2. The molecule has 0 bridgehead atoms. The van der Waals surface area contributed by atoms with Crippen LogP contribution in [-0.4, -0.2) is 19.5 Å². The summed E-state index contributed by atoms with van der Waals surface area (Å²) in [6.45, 7) is 6.54. The van der Waals surface area contributed by atoms with Gasteiger partial charge in [0.05, 0.1) is 11.9 Å². The first-order chi connectivity index (χ1) is 15.0. The molecule has 4 aromatic rings. The zero-order valence-corrected chi connectivity index (χ0v) is 18.2. The largest absolute Gasteiger partial charge is 0.441 e. The molecule has 0 N–H and O–H groups in total. The van der Waals surface area contributed by atoms with Crippen molar-refractivity contribution in [2.75, 3.05) is 0 Å². The molecule has 0 radical (unpaired) electrons. The van der Waals surface area contributed by atoms with Gasteiger partial charge >= 0.3 is 0 Å². The van der Waals surface area contributed by atoms with Crippen LogP contribution < -0.4 is 5.56 Å². The zero-order valence-electron chi connectivity index (χ0n) is 18.2. The van der Waals surface area contributed by atoms with Crippen molar-refractivity contribution >= 4 is 11.0 Å². The highest BCUT2D eigenvalue weighted by atomic mass is 16.4. The van der Waals surface area contributed by atoms with Crippen molar-refractivity contribution in [2.24, 2.45) is 0 Å². The number of pyridine rings is 1. The van der Waals surface area contributed by atoms with Crippen molar-refractivity contribution < 1.29 is 4.42 Å². The number of oxazole rings is 1. The third-order valence-electron chi connectivity index (χ3n) is 6.13. The van der Waals surface area contributed by atoms with Crippen LogP contribution in [0.15, 0.2) is 45.9 Å². The molecule has 0 atom stereocenters. The number of hydrogen-bond donors (Lipinski definition) is 0. The molecule has 1 aliphatic carbocycles. The molecule has 0 saturated heterocycles. The quantitative estimate of drug-likeness (QED) is 0.479. The van der Waals surface area contributed by atoms with Crippen LogP contribution in [-0.2, 0) is 19.4 Å². The van der Waals surface area contributed by atoms with Gasteiger partial charge in [0, 0.05) is 11.3 Å². The summed E-state index contributed by atoms with van der Waals surface area (Å²) >= 11 is 0. The lowest BCUT2D eigenvalue weighted by Gasteiger charge is -2.15. The normalized spacial score (nSPS) is 13.7. The first kappa shape index (κ1) is 19.7. The molecule has 0 saturated carbocycles. The Balaban J connectivity index is 1.47. The SMILES string of the molecule is Cc1oc(-c2ccc(C(C)C)cc2)nc1Cn1cnc2nc3c(cc2c1=O)CCCC3. The van der Waals surface area contributed by atoms with E-state index in [2.05, 4.69) is 40.9 Å². The van der Waals surface area contributed by atoms with Gasteiger partial charge in [-0.05, 0) is 67.9 Å². The molecular weight excluding hydrogens is 388 g/mol. The van der Waals surface area contributed by atoms with Gasteiger partial charge in [0.2, 0.25) is 5.89 Å². The average Bonchev–Trinajstić information content (AvgIpc) is 3.15. The fourth-order valence-corrected chi connectivity index (χ4v) is 4.19. The summed E-state index contributed by atoms with van der Waals surface area (Å²) in [6, 6.07) is 10.3. The van der Waals surface area contributed by atoms with E-state index in [1.807, 2.05) is 25.1 Å². The number of rotatable bonds is 4. The number of hydrogen-bond acceptors (Lipinski definition) is 5. The van der Waals surface area contributed by atoms with Crippen LogP contribution in [0.5, 0.6) is 0 Å². The minimum atomic E-state index is -0.0869. The van der Waals surface area contributed by atoms with Crippen molar-refractivity contribution in [3.8, 4) is 11.5 Å². The van der Waals surface area contributed by atoms with E-state index < -0.39 is 0 Å². The molecule has 0 fully saturated rings. The summed E-state index contributed by atoms with van der Waals surface area (Å²) in [5.74, 6) is 1.75. The Morgan fingerprint density at radius 1 is 1.10 bits per heavy atom. The summed E-state index contributed by atoms with van der Waals surface area (Å²) in [5, 5.41) is 0.578.